The first-order valence-electron chi connectivity index (χ1n) is 5.08. The van der Waals surface area contributed by atoms with E-state index in [9.17, 15) is 0 Å². The minimum Gasteiger partial charge on any atom is -0.342 e. The zero-order chi connectivity index (χ0) is 10.8. The molecule has 1 unspecified atom stereocenters. The van der Waals surface area contributed by atoms with Crippen LogP contribution in [0.1, 0.15) is 11.9 Å². The van der Waals surface area contributed by atoms with Crippen molar-refractivity contribution >= 4 is 11.8 Å². The predicted molar refractivity (Wildman–Crippen MR) is 59.9 cm³/mol. The van der Waals surface area contributed by atoms with Crippen molar-refractivity contribution in [3.63, 3.8) is 0 Å². The van der Waals surface area contributed by atoms with E-state index in [-0.39, 0.29) is 6.04 Å². The number of imidazole rings is 1. The summed E-state index contributed by atoms with van der Waals surface area (Å²) in [6, 6.07) is 0.162. The molecule has 3 heterocycles. The highest BCUT2D eigenvalue weighted by Gasteiger charge is 2.22. The molecule has 1 saturated heterocycles. The number of H-pyrrole nitrogens is 1. The van der Waals surface area contributed by atoms with Crippen LogP contribution in [0.3, 0.4) is 0 Å². The molecule has 0 bridgehead atoms. The van der Waals surface area contributed by atoms with Gasteiger partial charge in [-0.15, -0.1) is 0 Å². The quantitative estimate of drug-likeness (QED) is 0.805. The molecule has 0 aliphatic carbocycles. The minimum absolute atomic E-state index is 0.162. The first-order chi connectivity index (χ1) is 7.93. The van der Waals surface area contributed by atoms with Crippen LogP contribution in [0.15, 0.2) is 16.9 Å². The third-order valence-corrected chi connectivity index (χ3v) is 3.43. The maximum absolute atomic E-state index is 5.23. The van der Waals surface area contributed by atoms with Gasteiger partial charge in [-0.05, 0) is 0 Å². The Kier molecular flexibility index (Phi) is 2.63. The highest BCUT2D eigenvalue weighted by molar-refractivity contribution is 7.99. The average Bonchev–Trinajstić information content (AvgIpc) is 3.01. The molecule has 0 saturated carbocycles. The van der Waals surface area contributed by atoms with Gasteiger partial charge in [0.2, 0.25) is 11.7 Å². The number of rotatable bonds is 2. The standard InChI is InChI=1S/C9H11N5OS/c1-2-12-7(11-1)8-13-9(15-14-8)6-5-16-4-3-10-6/h1-2,6,10H,3-5H2,(H,11,12). The molecule has 6 nitrogen and oxygen atoms in total. The SMILES string of the molecule is c1c[nH]c(-c2noc(C3CSCCN3)n2)n1. The summed E-state index contributed by atoms with van der Waals surface area (Å²) in [6.45, 7) is 0.980. The number of thioether (sulfide) groups is 1. The highest BCUT2D eigenvalue weighted by atomic mass is 32.2. The Morgan fingerprint density at radius 1 is 1.50 bits per heavy atom. The summed E-state index contributed by atoms with van der Waals surface area (Å²) < 4.78 is 5.23. The van der Waals surface area contributed by atoms with Gasteiger partial charge >= 0.3 is 0 Å². The van der Waals surface area contributed by atoms with Gasteiger partial charge in [-0.1, -0.05) is 5.16 Å². The van der Waals surface area contributed by atoms with E-state index in [0.29, 0.717) is 17.5 Å². The number of aromatic nitrogens is 4. The van der Waals surface area contributed by atoms with Crippen LogP contribution in [0.5, 0.6) is 0 Å². The minimum atomic E-state index is 0.162. The first-order valence-corrected chi connectivity index (χ1v) is 6.23. The molecule has 0 radical (unpaired) electrons. The summed E-state index contributed by atoms with van der Waals surface area (Å²) in [5.74, 6) is 3.89. The topological polar surface area (TPSA) is 79.6 Å². The number of nitrogens with one attached hydrogen (secondary N) is 2. The smallest absolute Gasteiger partial charge is 0.245 e. The van der Waals surface area contributed by atoms with E-state index in [2.05, 4.69) is 25.4 Å². The van der Waals surface area contributed by atoms with Crippen molar-refractivity contribution in [2.24, 2.45) is 0 Å². The third kappa shape index (κ3) is 1.83. The maximum Gasteiger partial charge on any atom is 0.245 e. The Labute approximate surface area is 96.2 Å². The lowest BCUT2D eigenvalue weighted by atomic mass is 10.3. The van der Waals surface area contributed by atoms with E-state index in [1.807, 2.05) is 11.8 Å². The van der Waals surface area contributed by atoms with Crippen LogP contribution in [0.4, 0.5) is 0 Å². The van der Waals surface area contributed by atoms with Gasteiger partial charge in [-0.2, -0.15) is 16.7 Å². The largest absolute Gasteiger partial charge is 0.342 e. The molecule has 0 amide bonds. The van der Waals surface area contributed by atoms with Gasteiger partial charge in [0.05, 0.1) is 6.04 Å². The van der Waals surface area contributed by atoms with Crippen LogP contribution in [-0.4, -0.2) is 38.2 Å². The van der Waals surface area contributed by atoms with Crippen LogP contribution in [0, 0.1) is 0 Å². The first kappa shape index (κ1) is 9.86. The molecule has 3 rings (SSSR count). The Morgan fingerprint density at radius 2 is 2.50 bits per heavy atom. The summed E-state index contributed by atoms with van der Waals surface area (Å²) >= 11 is 1.89. The molecule has 0 aromatic carbocycles. The van der Waals surface area contributed by atoms with Crippen molar-refractivity contribution in [2.45, 2.75) is 6.04 Å². The summed E-state index contributed by atoms with van der Waals surface area (Å²) in [4.78, 5) is 11.4. The van der Waals surface area contributed by atoms with E-state index in [0.717, 1.165) is 18.1 Å². The lowest BCUT2D eigenvalue weighted by molar-refractivity contribution is 0.342. The van der Waals surface area contributed by atoms with Crippen molar-refractivity contribution in [3.05, 3.63) is 18.3 Å². The zero-order valence-corrected chi connectivity index (χ0v) is 9.33. The monoisotopic (exact) mass is 237 g/mol. The van der Waals surface area contributed by atoms with Gasteiger partial charge in [0, 0.05) is 30.4 Å². The average molecular weight is 237 g/mol. The van der Waals surface area contributed by atoms with E-state index < -0.39 is 0 Å². The Balaban J connectivity index is 1.82. The summed E-state index contributed by atoms with van der Waals surface area (Å²) in [6.07, 6.45) is 3.40. The molecule has 1 aliphatic rings. The Morgan fingerprint density at radius 3 is 3.25 bits per heavy atom. The number of nitrogens with zero attached hydrogens (tertiary/aromatic N) is 3. The second-order valence-electron chi connectivity index (χ2n) is 3.48. The van der Waals surface area contributed by atoms with E-state index in [4.69, 9.17) is 4.52 Å². The van der Waals surface area contributed by atoms with Crippen LogP contribution < -0.4 is 5.32 Å². The van der Waals surface area contributed by atoms with E-state index in [1.54, 1.807) is 12.4 Å². The zero-order valence-electron chi connectivity index (χ0n) is 8.51. The summed E-state index contributed by atoms with van der Waals surface area (Å²) in [7, 11) is 0. The molecule has 2 N–H and O–H groups in total. The Hall–Kier alpha value is -1.34. The van der Waals surface area contributed by atoms with Gasteiger partial charge in [0.1, 0.15) is 0 Å². The fourth-order valence-electron chi connectivity index (χ4n) is 1.58. The lowest BCUT2D eigenvalue weighted by Gasteiger charge is -2.19. The van der Waals surface area contributed by atoms with E-state index >= 15 is 0 Å². The van der Waals surface area contributed by atoms with Gasteiger partial charge in [0.25, 0.3) is 0 Å². The number of hydrogen-bond donors (Lipinski definition) is 2. The molecule has 2 aromatic heterocycles. The number of hydrogen-bond acceptors (Lipinski definition) is 6. The van der Waals surface area contributed by atoms with Crippen molar-refractivity contribution in [1.29, 1.82) is 0 Å². The van der Waals surface area contributed by atoms with Crippen molar-refractivity contribution in [3.8, 4) is 11.6 Å². The van der Waals surface area contributed by atoms with Gasteiger partial charge in [-0.3, -0.25) is 0 Å². The molecular weight excluding hydrogens is 226 g/mol. The van der Waals surface area contributed by atoms with Crippen LogP contribution in [0.2, 0.25) is 0 Å². The van der Waals surface area contributed by atoms with Gasteiger partial charge in [-0.25, -0.2) is 4.98 Å². The molecule has 16 heavy (non-hydrogen) atoms. The van der Waals surface area contributed by atoms with Gasteiger partial charge in [0.15, 0.2) is 5.82 Å². The van der Waals surface area contributed by atoms with Crippen LogP contribution in [0.25, 0.3) is 11.6 Å². The van der Waals surface area contributed by atoms with E-state index in [1.165, 1.54) is 0 Å². The molecule has 1 atom stereocenters. The van der Waals surface area contributed by atoms with Crippen molar-refractivity contribution in [1.82, 2.24) is 25.4 Å². The van der Waals surface area contributed by atoms with Crippen LogP contribution >= 0.6 is 11.8 Å². The molecule has 2 aromatic rings. The third-order valence-electron chi connectivity index (χ3n) is 2.37. The fraction of sp³-hybridized carbons (Fsp3) is 0.444. The maximum atomic E-state index is 5.23. The summed E-state index contributed by atoms with van der Waals surface area (Å²) in [5, 5.41) is 7.25. The van der Waals surface area contributed by atoms with Crippen LogP contribution in [-0.2, 0) is 0 Å². The van der Waals surface area contributed by atoms with Crippen molar-refractivity contribution in [2.75, 3.05) is 18.1 Å². The molecule has 0 spiro atoms. The molecule has 7 heteroatoms. The van der Waals surface area contributed by atoms with Gasteiger partial charge < -0.3 is 14.8 Å². The molecule has 84 valence electrons. The molecule has 1 fully saturated rings. The molecule has 1 aliphatic heterocycles. The van der Waals surface area contributed by atoms with Crippen molar-refractivity contribution < 1.29 is 4.52 Å². The lowest BCUT2D eigenvalue weighted by Crippen LogP contribution is -2.30. The second-order valence-corrected chi connectivity index (χ2v) is 4.63. The normalized spacial score (nSPS) is 21.1. The summed E-state index contributed by atoms with van der Waals surface area (Å²) in [5.41, 5.74) is 0. The predicted octanol–water partition coefficient (Wildman–Crippen LogP) is 0.837. The number of aromatic amines is 1. The highest BCUT2D eigenvalue weighted by Crippen LogP contribution is 2.21. The Bertz CT molecular complexity index is 448. The second kappa shape index (κ2) is 4.26. The fourth-order valence-corrected chi connectivity index (χ4v) is 2.51. The molecular formula is C9H11N5OS.